The highest BCUT2D eigenvalue weighted by atomic mass is 16.2. The first-order chi connectivity index (χ1) is 11.0. The van der Waals surface area contributed by atoms with Crippen molar-refractivity contribution in [2.24, 2.45) is 0 Å². The normalized spacial score (nSPS) is 16.3. The molecule has 0 unspecified atom stereocenters. The number of fused-ring (bicyclic) bond motifs is 1. The number of nitrogen functional groups attached to an aromatic ring is 1. The predicted molar refractivity (Wildman–Crippen MR) is 92.7 cm³/mol. The Bertz CT molecular complexity index is 831. The van der Waals surface area contributed by atoms with E-state index in [4.69, 9.17) is 5.73 Å². The average molecular weight is 316 g/mol. The summed E-state index contributed by atoms with van der Waals surface area (Å²) in [5, 5.41) is 0. The number of aromatic amines is 2. The maximum absolute atomic E-state index is 11.7. The molecule has 2 aromatic rings. The van der Waals surface area contributed by atoms with Gasteiger partial charge in [-0.3, -0.25) is 14.5 Å². The fraction of sp³-hybridized carbons (Fsp3) is 0.529. The van der Waals surface area contributed by atoms with Gasteiger partial charge in [0.1, 0.15) is 0 Å². The van der Waals surface area contributed by atoms with Crippen molar-refractivity contribution in [2.45, 2.75) is 51.6 Å². The highest BCUT2D eigenvalue weighted by Crippen LogP contribution is 2.28. The van der Waals surface area contributed by atoms with Gasteiger partial charge in [0.15, 0.2) is 0 Å². The third kappa shape index (κ3) is 3.03. The van der Waals surface area contributed by atoms with Crippen LogP contribution in [0.1, 0.15) is 43.2 Å². The molecule has 23 heavy (non-hydrogen) atoms. The van der Waals surface area contributed by atoms with Crippen LogP contribution in [0.25, 0.3) is 11.0 Å². The van der Waals surface area contributed by atoms with Crippen molar-refractivity contribution in [3.63, 3.8) is 0 Å². The van der Waals surface area contributed by atoms with Crippen LogP contribution in [0, 0.1) is 6.92 Å². The second-order valence-corrected chi connectivity index (χ2v) is 6.61. The molecular formula is C17H24N4O2. The zero-order valence-corrected chi connectivity index (χ0v) is 13.7. The fourth-order valence-corrected chi connectivity index (χ4v) is 3.55. The maximum atomic E-state index is 11.7. The lowest BCUT2D eigenvalue weighted by molar-refractivity contribution is 0.185. The van der Waals surface area contributed by atoms with E-state index in [-0.39, 0.29) is 0 Å². The van der Waals surface area contributed by atoms with Crippen LogP contribution in [0.3, 0.4) is 0 Å². The van der Waals surface area contributed by atoms with Gasteiger partial charge < -0.3 is 15.7 Å². The van der Waals surface area contributed by atoms with Crippen LogP contribution >= 0.6 is 0 Å². The monoisotopic (exact) mass is 316 g/mol. The number of nitrogens with zero attached hydrogens (tertiary/aromatic N) is 1. The van der Waals surface area contributed by atoms with Gasteiger partial charge >= 0.3 is 11.1 Å². The lowest BCUT2D eigenvalue weighted by Gasteiger charge is -2.32. The van der Waals surface area contributed by atoms with Crippen molar-refractivity contribution in [2.75, 3.05) is 12.8 Å². The molecule has 0 radical (unpaired) electrons. The first kappa shape index (κ1) is 15.8. The molecule has 1 aromatic heterocycles. The molecule has 6 nitrogen and oxygen atoms in total. The molecule has 6 heteroatoms. The molecule has 124 valence electrons. The summed E-state index contributed by atoms with van der Waals surface area (Å²) in [5.74, 6) is 0. The SMILES string of the molecule is Cc1c(N)cc2[nH]c(=O)c(=O)[nH]c2c1CN(C)C1CCCCC1. The lowest BCUT2D eigenvalue weighted by Crippen LogP contribution is -2.34. The number of hydrogen-bond donors (Lipinski definition) is 3. The van der Waals surface area contributed by atoms with Gasteiger partial charge in [0.05, 0.1) is 11.0 Å². The Morgan fingerprint density at radius 3 is 2.52 bits per heavy atom. The van der Waals surface area contributed by atoms with Crippen LogP contribution in [0.15, 0.2) is 15.7 Å². The van der Waals surface area contributed by atoms with Gasteiger partial charge in [-0.25, -0.2) is 0 Å². The van der Waals surface area contributed by atoms with Crippen molar-refractivity contribution in [3.8, 4) is 0 Å². The number of aromatic nitrogens is 2. The molecule has 0 bridgehead atoms. The van der Waals surface area contributed by atoms with E-state index >= 15 is 0 Å². The molecule has 0 atom stereocenters. The highest BCUT2D eigenvalue weighted by molar-refractivity contribution is 5.83. The van der Waals surface area contributed by atoms with Crippen molar-refractivity contribution in [1.29, 1.82) is 0 Å². The van der Waals surface area contributed by atoms with Crippen LogP contribution in [0.2, 0.25) is 0 Å². The third-order valence-electron chi connectivity index (χ3n) is 5.06. The molecule has 0 aliphatic heterocycles. The van der Waals surface area contributed by atoms with E-state index in [1.54, 1.807) is 6.07 Å². The first-order valence-corrected chi connectivity index (χ1v) is 8.22. The molecule has 1 aliphatic rings. The van der Waals surface area contributed by atoms with E-state index in [9.17, 15) is 9.59 Å². The molecule has 4 N–H and O–H groups in total. The summed E-state index contributed by atoms with van der Waals surface area (Å²) in [5.41, 5.74) is 8.68. The summed E-state index contributed by atoms with van der Waals surface area (Å²) in [4.78, 5) is 31.0. The minimum atomic E-state index is -0.646. The number of anilines is 1. The second-order valence-electron chi connectivity index (χ2n) is 6.61. The highest BCUT2D eigenvalue weighted by Gasteiger charge is 2.20. The van der Waals surface area contributed by atoms with Crippen LogP contribution in [-0.4, -0.2) is 28.0 Å². The molecule has 3 rings (SSSR count). The summed E-state index contributed by atoms with van der Waals surface area (Å²) in [6.45, 7) is 2.67. The molecule has 0 spiro atoms. The van der Waals surface area contributed by atoms with Gasteiger partial charge in [-0.15, -0.1) is 0 Å². The largest absolute Gasteiger partial charge is 0.398 e. The van der Waals surface area contributed by atoms with E-state index in [0.29, 0.717) is 29.3 Å². The van der Waals surface area contributed by atoms with Gasteiger partial charge in [0.25, 0.3) is 0 Å². The summed E-state index contributed by atoms with van der Waals surface area (Å²) in [7, 11) is 2.12. The van der Waals surface area contributed by atoms with Crippen molar-refractivity contribution in [3.05, 3.63) is 37.9 Å². The van der Waals surface area contributed by atoms with E-state index in [1.165, 1.54) is 32.1 Å². The predicted octanol–water partition coefficient (Wildman–Crippen LogP) is 1.87. The zero-order valence-electron chi connectivity index (χ0n) is 13.7. The first-order valence-electron chi connectivity index (χ1n) is 8.22. The van der Waals surface area contributed by atoms with Gasteiger partial charge in [-0.1, -0.05) is 19.3 Å². The van der Waals surface area contributed by atoms with Crippen LogP contribution < -0.4 is 16.9 Å². The zero-order chi connectivity index (χ0) is 16.6. The summed E-state index contributed by atoms with van der Waals surface area (Å²) < 4.78 is 0. The topological polar surface area (TPSA) is 95.0 Å². The minimum absolute atomic E-state index is 0.564. The molecular weight excluding hydrogens is 292 g/mol. The number of benzene rings is 1. The minimum Gasteiger partial charge on any atom is -0.398 e. The maximum Gasteiger partial charge on any atom is 0.314 e. The fourth-order valence-electron chi connectivity index (χ4n) is 3.55. The van der Waals surface area contributed by atoms with Gasteiger partial charge in [0.2, 0.25) is 0 Å². The summed E-state index contributed by atoms with van der Waals surface area (Å²) in [6.07, 6.45) is 6.29. The Kier molecular flexibility index (Phi) is 4.26. The Balaban J connectivity index is 2.04. The molecule has 1 fully saturated rings. The Labute approximate surface area is 134 Å². The van der Waals surface area contributed by atoms with Gasteiger partial charge in [0, 0.05) is 18.3 Å². The Morgan fingerprint density at radius 1 is 1.17 bits per heavy atom. The van der Waals surface area contributed by atoms with E-state index in [0.717, 1.165) is 11.1 Å². The van der Waals surface area contributed by atoms with Crippen LogP contribution in [0.4, 0.5) is 5.69 Å². The van der Waals surface area contributed by atoms with Crippen molar-refractivity contribution < 1.29 is 0 Å². The quantitative estimate of drug-likeness (QED) is 0.595. The van der Waals surface area contributed by atoms with Crippen LogP contribution in [-0.2, 0) is 6.54 Å². The van der Waals surface area contributed by atoms with Gasteiger partial charge in [-0.2, -0.15) is 0 Å². The summed E-state index contributed by atoms with van der Waals surface area (Å²) >= 11 is 0. The number of rotatable bonds is 3. The lowest BCUT2D eigenvalue weighted by atomic mass is 9.93. The molecule has 1 heterocycles. The Morgan fingerprint density at radius 2 is 1.83 bits per heavy atom. The van der Waals surface area contributed by atoms with Crippen molar-refractivity contribution >= 4 is 16.7 Å². The van der Waals surface area contributed by atoms with E-state index < -0.39 is 11.1 Å². The third-order valence-corrected chi connectivity index (χ3v) is 5.06. The van der Waals surface area contributed by atoms with E-state index in [2.05, 4.69) is 21.9 Å². The molecule has 1 aromatic carbocycles. The summed E-state index contributed by atoms with van der Waals surface area (Å²) in [6, 6.07) is 2.28. The average Bonchev–Trinajstić information content (AvgIpc) is 2.54. The standard InChI is InChI=1S/C17H24N4O2/c1-10-12(9-21(2)11-6-4-3-5-7-11)15-14(8-13(10)18)19-16(22)17(23)20-15/h8,11H,3-7,9,18H2,1-2H3,(H,19,22)(H,20,23). The molecule has 0 amide bonds. The molecule has 0 saturated heterocycles. The number of H-pyrrole nitrogens is 2. The van der Waals surface area contributed by atoms with Gasteiger partial charge in [-0.05, 0) is 44.0 Å². The van der Waals surface area contributed by atoms with Crippen molar-refractivity contribution in [1.82, 2.24) is 14.9 Å². The van der Waals surface area contributed by atoms with E-state index in [1.807, 2.05) is 6.92 Å². The molecule has 1 aliphatic carbocycles. The molecule has 1 saturated carbocycles. The number of hydrogen-bond acceptors (Lipinski definition) is 4. The smallest absolute Gasteiger partial charge is 0.314 e. The Hall–Kier alpha value is -2.08. The van der Waals surface area contributed by atoms with Crippen LogP contribution in [0.5, 0.6) is 0 Å². The second kappa shape index (κ2) is 6.20. The number of nitrogens with two attached hydrogens (primary N) is 1. The number of nitrogens with one attached hydrogen (secondary N) is 2.